The van der Waals surface area contributed by atoms with E-state index in [0.717, 1.165) is 31.0 Å². The molecule has 1 aliphatic rings. The number of aryl methyl sites for hydroxylation is 1. The third-order valence-electron chi connectivity index (χ3n) is 2.98. The highest BCUT2D eigenvalue weighted by Gasteiger charge is 2.18. The molecular formula is C12H16ClNO. The summed E-state index contributed by atoms with van der Waals surface area (Å²) in [7, 11) is 0. The highest BCUT2D eigenvalue weighted by atomic mass is 35.5. The summed E-state index contributed by atoms with van der Waals surface area (Å²) in [6.07, 6.45) is 1.58. The molecule has 15 heavy (non-hydrogen) atoms. The SMILES string of the molecule is Cc1ccc(Cl)cc1N1CCC(O)CC1. The molecule has 0 atom stereocenters. The topological polar surface area (TPSA) is 23.5 Å². The summed E-state index contributed by atoms with van der Waals surface area (Å²) < 4.78 is 0. The number of rotatable bonds is 1. The number of aliphatic hydroxyl groups excluding tert-OH is 1. The van der Waals surface area contributed by atoms with E-state index in [1.54, 1.807) is 0 Å². The van der Waals surface area contributed by atoms with Gasteiger partial charge in [0.25, 0.3) is 0 Å². The number of halogens is 1. The first-order valence-electron chi connectivity index (χ1n) is 5.36. The second kappa shape index (κ2) is 4.42. The predicted molar refractivity (Wildman–Crippen MR) is 63.6 cm³/mol. The Morgan fingerprint density at radius 3 is 2.67 bits per heavy atom. The zero-order valence-electron chi connectivity index (χ0n) is 8.91. The Kier molecular flexibility index (Phi) is 3.17. The smallest absolute Gasteiger partial charge is 0.0574 e. The normalized spacial score (nSPS) is 18.2. The molecule has 0 radical (unpaired) electrons. The van der Waals surface area contributed by atoms with Crippen LogP contribution >= 0.6 is 11.6 Å². The van der Waals surface area contributed by atoms with Crippen LogP contribution in [-0.2, 0) is 0 Å². The third kappa shape index (κ3) is 2.44. The van der Waals surface area contributed by atoms with E-state index in [4.69, 9.17) is 11.6 Å². The molecule has 1 heterocycles. The molecule has 0 unspecified atom stereocenters. The first-order chi connectivity index (χ1) is 7.16. The van der Waals surface area contributed by atoms with Gasteiger partial charge < -0.3 is 10.0 Å². The molecule has 0 spiro atoms. The monoisotopic (exact) mass is 225 g/mol. The van der Waals surface area contributed by atoms with Crippen molar-refractivity contribution in [1.82, 2.24) is 0 Å². The Bertz CT molecular complexity index is 345. The van der Waals surface area contributed by atoms with Crippen LogP contribution in [0.1, 0.15) is 18.4 Å². The van der Waals surface area contributed by atoms with Gasteiger partial charge in [-0.2, -0.15) is 0 Å². The van der Waals surface area contributed by atoms with Gasteiger partial charge >= 0.3 is 0 Å². The fourth-order valence-electron chi connectivity index (χ4n) is 2.03. The van der Waals surface area contributed by atoms with Gasteiger partial charge in [0.2, 0.25) is 0 Å². The van der Waals surface area contributed by atoms with Gasteiger partial charge in [-0.3, -0.25) is 0 Å². The molecule has 0 bridgehead atoms. The summed E-state index contributed by atoms with van der Waals surface area (Å²) in [6, 6.07) is 5.97. The van der Waals surface area contributed by atoms with E-state index in [-0.39, 0.29) is 6.10 Å². The number of hydrogen-bond donors (Lipinski definition) is 1. The molecule has 1 aromatic carbocycles. The molecule has 0 amide bonds. The Morgan fingerprint density at radius 1 is 1.33 bits per heavy atom. The number of aliphatic hydroxyl groups is 1. The van der Waals surface area contributed by atoms with Crippen LogP contribution in [0.2, 0.25) is 5.02 Å². The maximum atomic E-state index is 9.45. The van der Waals surface area contributed by atoms with Crippen LogP contribution in [0.3, 0.4) is 0 Å². The molecule has 1 fully saturated rings. The van der Waals surface area contributed by atoms with Gasteiger partial charge in [0.05, 0.1) is 6.10 Å². The van der Waals surface area contributed by atoms with Gasteiger partial charge in [-0.05, 0) is 37.5 Å². The van der Waals surface area contributed by atoms with Gasteiger partial charge in [-0.1, -0.05) is 17.7 Å². The zero-order chi connectivity index (χ0) is 10.8. The lowest BCUT2D eigenvalue weighted by molar-refractivity contribution is 0.145. The Morgan fingerprint density at radius 2 is 2.00 bits per heavy atom. The fraction of sp³-hybridized carbons (Fsp3) is 0.500. The van der Waals surface area contributed by atoms with E-state index in [1.807, 2.05) is 18.2 Å². The van der Waals surface area contributed by atoms with Gasteiger partial charge in [-0.25, -0.2) is 0 Å². The first kappa shape index (κ1) is 10.8. The van der Waals surface area contributed by atoms with Crippen LogP contribution in [-0.4, -0.2) is 24.3 Å². The van der Waals surface area contributed by atoms with Crippen molar-refractivity contribution in [1.29, 1.82) is 0 Å². The Balaban J connectivity index is 2.18. The second-order valence-electron chi connectivity index (χ2n) is 4.15. The second-order valence-corrected chi connectivity index (χ2v) is 4.59. The molecule has 1 aromatic rings. The van der Waals surface area contributed by atoms with Crippen LogP contribution in [0, 0.1) is 6.92 Å². The molecule has 2 nitrogen and oxygen atoms in total. The highest BCUT2D eigenvalue weighted by molar-refractivity contribution is 6.30. The van der Waals surface area contributed by atoms with Crippen molar-refractivity contribution in [3.8, 4) is 0 Å². The summed E-state index contributed by atoms with van der Waals surface area (Å²) in [4.78, 5) is 2.30. The molecule has 2 rings (SSSR count). The van der Waals surface area contributed by atoms with E-state index in [9.17, 15) is 5.11 Å². The van der Waals surface area contributed by atoms with Crippen molar-refractivity contribution < 1.29 is 5.11 Å². The van der Waals surface area contributed by atoms with E-state index < -0.39 is 0 Å². The first-order valence-corrected chi connectivity index (χ1v) is 5.74. The van der Waals surface area contributed by atoms with Crippen molar-refractivity contribution in [2.75, 3.05) is 18.0 Å². The summed E-state index contributed by atoms with van der Waals surface area (Å²) in [5.74, 6) is 0. The Labute approximate surface area is 95.5 Å². The number of hydrogen-bond acceptors (Lipinski definition) is 2. The van der Waals surface area contributed by atoms with Crippen molar-refractivity contribution in [2.24, 2.45) is 0 Å². The maximum Gasteiger partial charge on any atom is 0.0574 e. The predicted octanol–water partition coefficient (Wildman–Crippen LogP) is 2.61. The molecule has 3 heteroatoms. The molecule has 1 aliphatic heterocycles. The molecule has 0 aromatic heterocycles. The lowest BCUT2D eigenvalue weighted by atomic mass is 10.1. The van der Waals surface area contributed by atoms with E-state index in [0.29, 0.717) is 0 Å². The van der Waals surface area contributed by atoms with Crippen LogP contribution in [0.5, 0.6) is 0 Å². The molecule has 1 N–H and O–H groups in total. The average molecular weight is 226 g/mol. The quantitative estimate of drug-likeness (QED) is 0.794. The van der Waals surface area contributed by atoms with E-state index in [2.05, 4.69) is 11.8 Å². The van der Waals surface area contributed by atoms with Gasteiger partial charge in [0.1, 0.15) is 0 Å². The molecular weight excluding hydrogens is 210 g/mol. The lowest BCUT2D eigenvalue weighted by Gasteiger charge is -2.32. The molecule has 1 saturated heterocycles. The van der Waals surface area contributed by atoms with E-state index >= 15 is 0 Å². The Hall–Kier alpha value is -0.730. The van der Waals surface area contributed by atoms with Crippen LogP contribution in [0.4, 0.5) is 5.69 Å². The molecule has 82 valence electrons. The van der Waals surface area contributed by atoms with Gasteiger partial charge in [0, 0.05) is 23.8 Å². The summed E-state index contributed by atoms with van der Waals surface area (Å²) in [6.45, 7) is 3.93. The van der Waals surface area contributed by atoms with Crippen LogP contribution in [0.25, 0.3) is 0 Å². The minimum absolute atomic E-state index is 0.124. The lowest BCUT2D eigenvalue weighted by Crippen LogP contribution is -2.36. The van der Waals surface area contributed by atoms with Crippen molar-refractivity contribution in [3.05, 3.63) is 28.8 Å². The van der Waals surface area contributed by atoms with Gasteiger partial charge in [0.15, 0.2) is 0 Å². The largest absolute Gasteiger partial charge is 0.393 e. The number of piperidine rings is 1. The molecule has 0 saturated carbocycles. The summed E-state index contributed by atoms with van der Waals surface area (Å²) >= 11 is 5.99. The van der Waals surface area contributed by atoms with Crippen LogP contribution < -0.4 is 4.90 Å². The maximum absolute atomic E-state index is 9.45. The number of benzene rings is 1. The standard InChI is InChI=1S/C12H16ClNO/c1-9-2-3-10(13)8-12(9)14-6-4-11(15)5-7-14/h2-3,8,11,15H,4-7H2,1H3. The highest BCUT2D eigenvalue weighted by Crippen LogP contribution is 2.26. The van der Waals surface area contributed by atoms with Gasteiger partial charge in [-0.15, -0.1) is 0 Å². The van der Waals surface area contributed by atoms with Crippen molar-refractivity contribution in [2.45, 2.75) is 25.9 Å². The summed E-state index contributed by atoms with van der Waals surface area (Å²) in [5, 5.41) is 10.2. The fourth-order valence-corrected chi connectivity index (χ4v) is 2.20. The van der Waals surface area contributed by atoms with E-state index in [1.165, 1.54) is 11.3 Å². The minimum Gasteiger partial charge on any atom is -0.393 e. The number of nitrogens with zero attached hydrogens (tertiary/aromatic N) is 1. The third-order valence-corrected chi connectivity index (χ3v) is 3.21. The van der Waals surface area contributed by atoms with Crippen molar-refractivity contribution >= 4 is 17.3 Å². The van der Waals surface area contributed by atoms with Crippen molar-refractivity contribution in [3.63, 3.8) is 0 Å². The minimum atomic E-state index is -0.124. The van der Waals surface area contributed by atoms with Crippen LogP contribution in [0.15, 0.2) is 18.2 Å². The molecule has 0 aliphatic carbocycles. The summed E-state index contributed by atoms with van der Waals surface area (Å²) in [5.41, 5.74) is 2.45. The zero-order valence-corrected chi connectivity index (χ0v) is 9.67. The average Bonchev–Trinajstić information content (AvgIpc) is 2.23. The number of anilines is 1.